The highest BCUT2D eigenvalue weighted by Crippen LogP contribution is 2.21. The van der Waals surface area contributed by atoms with Crippen LogP contribution in [0.2, 0.25) is 0 Å². The van der Waals surface area contributed by atoms with Gasteiger partial charge in [-0.1, -0.05) is 6.07 Å². The molecule has 0 radical (unpaired) electrons. The summed E-state index contributed by atoms with van der Waals surface area (Å²) in [5.74, 6) is 0. The van der Waals surface area contributed by atoms with Gasteiger partial charge >= 0.3 is 0 Å². The molecule has 0 aliphatic heterocycles. The summed E-state index contributed by atoms with van der Waals surface area (Å²) in [4.78, 5) is 3.15. The van der Waals surface area contributed by atoms with Crippen LogP contribution in [0.5, 0.6) is 0 Å². The number of hydrogen-bond donors (Lipinski definition) is 1. The van der Waals surface area contributed by atoms with Crippen molar-refractivity contribution in [3.63, 3.8) is 0 Å². The lowest BCUT2D eigenvalue weighted by Gasteiger charge is -1.88. The summed E-state index contributed by atoms with van der Waals surface area (Å²) in [6.45, 7) is 0. The molecule has 0 saturated carbocycles. The van der Waals surface area contributed by atoms with E-state index in [9.17, 15) is 0 Å². The van der Waals surface area contributed by atoms with Gasteiger partial charge in [0.15, 0.2) is 0 Å². The summed E-state index contributed by atoms with van der Waals surface area (Å²) >= 11 is 1.25. The predicted octanol–water partition coefficient (Wildman–Crippen LogP) is 2.17. The van der Waals surface area contributed by atoms with Gasteiger partial charge in [0.2, 0.25) is 0 Å². The monoisotopic (exact) mass is 175 g/mol. The van der Waals surface area contributed by atoms with Crippen LogP contribution in [-0.2, 0) is 0 Å². The number of benzene rings is 1. The number of aromatic nitrogens is 3. The van der Waals surface area contributed by atoms with Gasteiger partial charge in [-0.05, 0) is 12.1 Å². The summed E-state index contributed by atoms with van der Waals surface area (Å²) in [5.41, 5.74) is 3.03. The molecule has 0 fully saturated rings. The Bertz CT molecular complexity index is 487. The molecule has 3 nitrogen and oxygen atoms in total. The Morgan fingerprint density at radius 2 is 2.17 bits per heavy atom. The van der Waals surface area contributed by atoms with Crippen LogP contribution >= 0.6 is 11.7 Å². The highest BCUT2D eigenvalue weighted by molar-refractivity contribution is 7.00. The van der Waals surface area contributed by atoms with Crippen LogP contribution in [0.25, 0.3) is 21.9 Å². The third kappa shape index (κ3) is 0.648. The van der Waals surface area contributed by atoms with Crippen LogP contribution in [0.1, 0.15) is 0 Å². The van der Waals surface area contributed by atoms with E-state index >= 15 is 0 Å². The third-order valence-electron chi connectivity index (χ3n) is 1.95. The van der Waals surface area contributed by atoms with Crippen LogP contribution in [-0.4, -0.2) is 13.7 Å². The number of H-pyrrole nitrogens is 1. The maximum atomic E-state index is 4.22. The molecule has 0 aliphatic rings. The maximum absolute atomic E-state index is 4.22. The summed E-state index contributed by atoms with van der Waals surface area (Å²) in [7, 11) is 0. The van der Waals surface area contributed by atoms with E-state index in [2.05, 4.69) is 19.8 Å². The van der Waals surface area contributed by atoms with E-state index < -0.39 is 0 Å². The highest BCUT2D eigenvalue weighted by Gasteiger charge is 2.03. The smallest absolute Gasteiger partial charge is 0.128 e. The van der Waals surface area contributed by atoms with Crippen molar-refractivity contribution in [2.45, 2.75) is 0 Å². The second kappa shape index (κ2) is 2.04. The zero-order valence-corrected chi connectivity index (χ0v) is 6.93. The lowest BCUT2D eigenvalue weighted by Crippen LogP contribution is -1.71. The number of aromatic amines is 1. The van der Waals surface area contributed by atoms with Crippen molar-refractivity contribution in [3.05, 3.63) is 24.4 Å². The number of nitrogens with one attached hydrogen (secondary N) is 1. The maximum Gasteiger partial charge on any atom is 0.128 e. The van der Waals surface area contributed by atoms with Crippen LogP contribution < -0.4 is 0 Å². The molecule has 12 heavy (non-hydrogen) atoms. The Balaban J connectivity index is 2.71. The Morgan fingerprint density at radius 3 is 3.17 bits per heavy atom. The topological polar surface area (TPSA) is 41.6 Å². The fraction of sp³-hybridized carbons (Fsp3) is 0. The lowest BCUT2D eigenvalue weighted by atomic mass is 10.2. The van der Waals surface area contributed by atoms with E-state index in [0.29, 0.717) is 0 Å². The van der Waals surface area contributed by atoms with E-state index in [-0.39, 0.29) is 0 Å². The summed E-state index contributed by atoms with van der Waals surface area (Å²) in [6.07, 6.45) is 1.92. The molecule has 0 atom stereocenters. The second-order valence-corrected chi connectivity index (χ2v) is 3.17. The molecule has 3 aromatic rings. The molecule has 2 aromatic heterocycles. The molecule has 58 valence electrons. The van der Waals surface area contributed by atoms with Gasteiger partial charge in [0, 0.05) is 11.6 Å². The average molecular weight is 175 g/mol. The van der Waals surface area contributed by atoms with Gasteiger partial charge in [-0.3, -0.25) is 0 Å². The summed E-state index contributed by atoms with van der Waals surface area (Å²) in [5, 5.41) is 1.19. The minimum Gasteiger partial charge on any atom is -0.359 e. The molecule has 0 aliphatic carbocycles. The van der Waals surface area contributed by atoms with E-state index in [1.165, 1.54) is 17.1 Å². The standard InChI is InChI=1S/C8H5N3S/c1-2-6-8(11-12-10-6)7-5(1)3-4-9-7/h1-4,9H. The summed E-state index contributed by atoms with van der Waals surface area (Å²) < 4.78 is 8.38. The first-order valence-electron chi connectivity index (χ1n) is 3.63. The fourth-order valence-corrected chi connectivity index (χ4v) is 1.92. The first-order valence-corrected chi connectivity index (χ1v) is 4.36. The molecule has 4 heteroatoms. The van der Waals surface area contributed by atoms with Gasteiger partial charge in [0.25, 0.3) is 0 Å². The lowest BCUT2D eigenvalue weighted by molar-refractivity contribution is 1.48. The molecule has 0 amide bonds. The van der Waals surface area contributed by atoms with Gasteiger partial charge in [0.1, 0.15) is 11.0 Å². The van der Waals surface area contributed by atoms with Crippen molar-refractivity contribution in [2.24, 2.45) is 0 Å². The van der Waals surface area contributed by atoms with Gasteiger partial charge in [0.05, 0.1) is 17.2 Å². The second-order valence-electron chi connectivity index (χ2n) is 2.64. The van der Waals surface area contributed by atoms with Crippen molar-refractivity contribution in [3.8, 4) is 0 Å². The van der Waals surface area contributed by atoms with E-state index in [1.54, 1.807) is 0 Å². The SMILES string of the molecule is c1cc2ccc3nsnc3c2[nH]1. The zero-order chi connectivity index (χ0) is 7.97. The minimum atomic E-state index is 0.968. The van der Waals surface area contributed by atoms with Crippen molar-refractivity contribution < 1.29 is 0 Å². The molecule has 0 unspecified atom stereocenters. The molecule has 2 heterocycles. The van der Waals surface area contributed by atoms with Gasteiger partial charge < -0.3 is 4.98 Å². The van der Waals surface area contributed by atoms with E-state index in [1.807, 2.05) is 18.3 Å². The molecule has 0 spiro atoms. The van der Waals surface area contributed by atoms with Gasteiger partial charge in [-0.2, -0.15) is 8.75 Å². The van der Waals surface area contributed by atoms with Gasteiger partial charge in [-0.15, -0.1) is 0 Å². The predicted molar refractivity (Wildman–Crippen MR) is 49.3 cm³/mol. The van der Waals surface area contributed by atoms with Crippen LogP contribution in [0.4, 0.5) is 0 Å². The highest BCUT2D eigenvalue weighted by atomic mass is 32.1. The summed E-state index contributed by atoms with van der Waals surface area (Å²) in [6, 6.07) is 6.08. The normalized spacial score (nSPS) is 11.3. The number of hydrogen-bond acceptors (Lipinski definition) is 3. The molecule has 0 bridgehead atoms. The quantitative estimate of drug-likeness (QED) is 0.569. The zero-order valence-electron chi connectivity index (χ0n) is 6.11. The van der Waals surface area contributed by atoms with E-state index in [0.717, 1.165) is 16.6 Å². The number of nitrogens with zero attached hydrogens (tertiary/aromatic N) is 2. The first kappa shape index (κ1) is 6.14. The molecular weight excluding hydrogens is 170 g/mol. The van der Waals surface area contributed by atoms with E-state index in [4.69, 9.17) is 0 Å². The third-order valence-corrected chi connectivity index (χ3v) is 2.49. The molecule has 0 saturated heterocycles. The molecule has 3 rings (SSSR count). The Hall–Kier alpha value is -1.42. The Morgan fingerprint density at radius 1 is 1.17 bits per heavy atom. The van der Waals surface area contributed by atoms with Crippen LogP contribution in [0.15, 0.2) is 24.4 Å². The van der Waals surface area contributed by atoms with Crippen molar-refractivity contribution in [1.29, 1.82) is 0 Å². The van der Waals surface area contributed by atoms with Crippen LogP contribution in [0.3, 0.4) is 0 Å². The fourth-order valence-electron chi connectivity index (χ4n) is 1.37. The molecular formula is C8H5N3S. The largest absolute Gasteiger partial charge is 0.359 e. The molecule has 1 aromatic carbocycles. The average Bonchev–Trinajstić information content (AvgIpc) is 2.71. The van der Waals surface area contributed by atoms with Gasteiger partial charge in [-0.25, -0.2) is 0 Å². The first-order chi connectivity index (χ1) is 5.95. The number of fused-ring (bicyclic) bond motifs is 3. The van der Waals surface area contributed by atoms with Crippen molar-refractivity contribution in [2.75, 3.05) is 0 Å². The number of rotatable bonds is 0. The minimum absolute atomic E-state index is 0.968. The van der Waals surface area contributed by atoms with Crippen molar-refractivity contribution in [1.82, 2.24) is 13.7 Å². The Kier molecular flexibility index (Phi) is 1.04. The Labute approximate surface area is 72.4 Å². The molecule has 1 N–H and O–H groups in total. The van der Waals surface area contributed by atoms with Crippen LogP contribution in [0, 0.1) is 0 Å². The van der Waals surface area contributed by atoms with Crippen molar-refractivity contribution >= 4 is 33.7 Å².